The van der Waals surface area contributed by atoms with Crippen LogP contribution in [0, 0.1) is 18.6 Å². The molecule has 1 unspecified atom stereocenters. The maximum absolute atomic E-state index is 13.6. The van der Waals surface area contributed by atoms with Crippen LogP contribution in [0.25, 0.3) is 11.2 Å². The molecule has 2 aromatic heterocycles. The molecule has 0 spiro atoms. The zero-order chi connectivity index (χ0) is 29.5. The van der Waals surface area contributed by atoms with Gasteiger partial charge in [-0.3, -0.25) is 4.90 Å². The molecular formula is C31H39ClF2N6O. The van der Waals surface area contributed by atoms with E-state index in [0.29, 0.717) is 18.7 Å². The fourth-order valence-corrected chi connectivity index (χ4v) is 5.44. The van der Waals surface area contributed by atoms with Crippen molar-refractivity contribution in [2.75, 3.05) is 37.7 Å². The van der Waals surface area contributed by atoms with E-state index in [1.54, 1.807) is 24.3 Å². The Labute approximate surface area is 246 Å². The van der Waals surface area contributed by atoms with Gasteiger partial charge in [-0.25, -0.2) is 13.8 Å². The molecule has 4 heterocycles. The molecule has 2 saturated heterocycles. The number of nitrogens with zero attached hydrogens (tertiary/aromatic N) is 6. The van der Waals surface area contributed by atoms with Gasteiger partial charge in [-0.2, -0.15) is 9.97 Å². The van der Waals surface area contributed by atoms with E-state index in [1.807, 2.05) is 32.4 Å². The van der Waals surface area contributed by atoms with Crippen molar-refractivity contribution >= 4 is 28.6 Å². The second-order valence-corrected chi connectivity index (χ2v) is 10.4. The van der Waals surface area contributed by atoms with Crippen molar-refractivity contribution in [2.45, 2.75) is 52.6 Å². The number of imidazole rings is 1. The first-order valence-corrected chi connectivity index (χ1v) is 14.7. The van der Waals surface area contributed by atoms with Crippen molar-refractivity contribution < 1.29 is 13.5 Å². The molecule has 2 fully saturated rings. The molecule has 220 valence electrons. The molecule has 2 aliphatic heterocycles. The van der Waals surface area contributed by atoms with Crippen molar-refractivity contribution in [3.8, 4) is 0 Å². The molecule has 7 nitrogen and oxygen atoms in total. The fourth-order valence-electron chi connectivity index (χ4n) is 5.28. The number of ether oxygens (including phenoxy) is 1. The van der Waals surface area contributed by atoms with Gasteiger partial charge in [-0.1, -0.05) is 38.1 Å². The molecule has 4 aromatic rings. The zero-order valence-electron chi connectivity index (χ0n) is 24.4. The van der Waals surface area contributed by atoms with Gasteiger partial charge in [0, 0.05) is 45.9 Å². The first-order chi connectivity index (χ1) is 19.8. The predicted molar refractivity (Wildman–Crippen MR) is 160 cm³/mol. The number of fused-ring (bicyclic) bond motifs is 1. The summed E-state index contributed by atoms with van der Waals surface area (Å²) in [5, 5.41) is 0.190. The van der Waals surface area contributed by atoms with Crippen molar-refractivity contribution in [1.29, 1.82) is 0 Å². The third kappa shape index (κ3) is 7.20. The van der Waals surface area contributed by atoms with Crippen LogP contribution < -0.4 is 4.90 Å². The van der Waals surface area contributed by atoms with Gasteiger partial charge < -0.3 is 14.2 Å². The summed E-state index contributed by atoms with van der Waals surface area (Å²) in [7, 11) is 1.91. The minimum Gasteiger partial charge on any atom is -0.381 e. The minimum absolute atomic E-state index is 0.0913. The molecule has 0 amide bonds. The van der Waals surface area contributed by atoms with Crippen LogP contribution in [0.5, 0.6) is 0 Å². The standard InChI is InChI=1S/C25H25ClF2N6.C4H8O.C2H6/c1-15-14-33(22(17-4-8-19(27)9-5-17)18-6-10-20(28)11-7-18)12-13-34(15)24-21-23(30-25(26)31-24)32(3)16(2)29-21;1-2-4-5-3-1;1-2/h4-11,15,22H,12-14H2,1-3H3;1-4H2;1-2H3. The molecule has 41 heavy (non-hydrogen) atoms. The van der Waals surface area contributed by atoms with Gasteiger partial charge in [-0.05, 0) is 73.7 Å². The van der Waals surface area contributed by atoms with Gasteiger partial charge in [0.05, 0.1) is 6.04 Å². The highest BCUT2D eigenvalue weighted by atomic mass is 35.5. The average Bonchev–Trinajstić information content (AvgIpc) is 3.65. The summed E-state index contributed by atoms with van der Waals surface area (Å²) in [4.78, 5) is 18.1. The summed E-state index contributed by atoms with van der Waals surface area (Å²) < 4.78 is 34.1. The van der Waals surface area contributed by atoms with Gasteiger partial charge in [0.2, 0.25) is 5.28 Å². The maximum atomic E-state index is 13.6. The van der Waals surface area contributed by atoms with Crippen LogP contribution in [0.4, 0.5) is 14.6 Å². The van der Waals surface area contributed by atoms with Gasteiger partial charge in [0.25, 0.3) is 0 Å². The number of piperazine rings is 1. The third-order valence-electron chi connectivity index (χ3n) is 7.39. The lowest BCUT2D eigenvalue weighted by atomic mass is 9.95. The van der Waals surface area contributed by atoms with Crippen LogP contribution in [0.1, 0.15) is 56.6 Å². The summed E-state index contributed by atoms with van der Waals surface area (Å²) in [5.74, 6) is 1.00. The van der Waals surface area contributed by atoms with E-state index in [-0.39, 0.29) is 29.0 Å². The van der Waals surface area contributed by atoms with E-state index in [0.717, 1.165) is 48.0 Å². The SMILES string of the molecule is C1CCOC1.CC.Cc1nc2c(N3CCN(C(c4ccc(F)cc4)c4ccc(F)cc4)CC3C)nc(Cl)nc2n1C. The first-order valence-electron chi connectivity index (χ1n) is 14.3. The van der Waals surface area contributed by atoms with Gasteiger partial charge >= 0.3 is 0 Å². The molecule has 0 bridgehead atoms. The molecule has 0 saturated carbocycles. The lowest BCUT2D eigenvalue weighted by molar-refractivity contribution is 0.187. The normalized spacial score (nSPS) is 17.3. The van der Waals surface area contributed by atoms with Gasteiger partial charge in [0.15, 0.2) is 17.0 Å². The summed E-state index contributed by atoms with van der Waals surface area (Å²) in [5.41, 5.74) is 3.36. The number of hydrogen-bond donors (Lipinski definition) is 0. The lowest BCUT2D eigenvalue weighted by Gasteiger charge is -2.44. The van der Waals surface area contributed by atoms with E-state index in [2.05, 4.69) is 31.7 Å². The molecule has 0 radical (unpaired) electrons. The van der Waals surface area contributed by atoms with Crippen LogP contribution in [-0.2, 0) is 11.8 Å². The van der Waals surface area contributed by atoms with E-state index in [9.17, 15) is 8.78 Å². The molecule has 1 atom stereocenters. The fraction of sp³-hybridized carbons (Fsp3) is 0.452. The van der Waals surface area contributed by atoms with Crippen LogP contribution in [-0.4, -0.2) is 63.3 Å². The lowest BCUT2D eigenvalue weighted by Crippen LogP contribution is -2.53. The van der Waals surface area contributed by atoms with Gasteiger partial charge in [0.1, 0.15) is 17.5 Å². The summed E-state index contributed by atoms with van der Waals surface area (Å²) >= 11 is 6.28. The first kappa shape index (κ1) is 30.8. The zero-order valence-corrected chi connectivity index (χ0v) is 25.2. The predicted octanol–water partition coefficient (Wildman–Crippen LogP) is 6.73. The van der Waals surface area contributed by atoms with E-state index >= 15 is 0 Å². The second-order valence-electron chi connectivity index (χ2n) is 10.1. The van der Waals surface area contributed by atoms with Crippen LogP contribution in [0.2, 0.25) is 5.28 Å². The van der Waals surface area contributed by atoms with Crippen molar-refractivity contribution in [2.24, 2.45) is 7.05 Å². The van der Waals surface area contributed by atoms with Crippen LogP contribution in [0.3, 0.4) is 0 Å². The highest BCUT2D eigenvalue weighted by molar-refractivity contribution is 6.28. The Morgan fingerprint density at radius 3 is 1.93 bits per heavy atom. The monoisotopic (exact) mass is 584 g/mol. The average molecular weight is 585 g/mol. The highest BCUT2D eigenvalue weighted by Crippen LogP contribution is 2.34. The van der Waals surface area contributed by atoms with E-state index in [4.69, 9.17) is 16.3 Å². The molecular weight excluding hydrogens is 546 g/mol. The number of anilines is 1. The Morgan fingerprint density at radius 1 is 0.878 bits per heavy atom. The Bertz CT molecular complexity index is 1360. The highest BCUT2D eigenvalue weighted by Gasteiger charge is 2.32. The van der Waals surface area contributed by atoms with E-state index in [1.165, 1.54) is 37.1 Å². The number of benzene rings is 2. The maximum Gasteiger partial charge on any atom is 0.226 e. The molecule has 2 aromatic carbocycles. The van der Waals surface area contributed by atoms with Crippen molar-refractivity contribution in [1.82, 2.24) is 24.4 Å². The largest absolute Gasteiger partial charge is 0.381 e. The number of hydrogen-bond acceptors (Lipinski definition) is 6. The second kappa shape index (κ2) is 14.2. The van der Waals surface area contributed by atoms with Gasteiger partial charge in [-0.15, -0.1) is 0 Å². The number of aryl methyl sites for hydroxylation is 2. The van der Waals surface area contributed by atoms with Crippen LogP contribution >= 0.6 is 11.6 Å². The molecule has 10 heteroatoms. The van der Waals surface area contributed by atoms with Crippen molar-refractivity contribution in [3.05, 3.63) is 82.4 Å². The molecule has 6 rings (SSSR count). The number of aromatic nitrogens is 4. The summed E-state index contributed by atoms with van der Waals surface area (Å²) in [6.07, 6.45) is 2.56. The molecule has 0 N–H and O–H groups in total. The third-order valence-corrected chi connectivity index (χ3v) is 7.56. The molecule has 2 aliphatic rings. The van der Waals surface area contributed by atoms with Crippen molar-refractivity contribution in [3.63, 3.8) is 0 Å². The number of halogens is 3. The number of rotatable bonds is 4. The van der Waals surface area contributed by atoms with Crippen LogP contribution in [0.15, 0.2) is 48.5 Å². The molecule has 0 aliphatic carbocycles. The Kier molecular flexibility index (Phi) is 10.6. The Hall–Kier alpha value is -3.14. The Morgan fingerprint density at radius 2 is 1.44 bits per heavy atom. The topological polar surface area (TPSA) is 59.3 Å². The Balaban J connectivity index is 0.000000492. The van der Waals surface area contributed by atoms with E-state index < -0.39 is 0 Å². The minimum atomic E-state index is -0.282. The summed E-state index contributed by atoms with van der Waals surface area (Å²) in [6.45, 7) is 12.2. The quantitative estimate of drug-likeness (QED) is 0.248. The summed E-state index contributed by atoms with van der Waals surface area (Å²) in [6, 6.07) is 13.0. The smallest absolute Gasteiger partial charge is 0.226 e.